The lowest BCUT2D eigenvalue weighted by Crippen LogP contribution is -2.40. The summed E-state index contributed by atoms with van der Waals surface area (Å²) in [7, 11) is 0. The molecule has 1 aromatic rings. The van der Waals surface area contributed by atoms with E-state index in [0.29, 0.717) is 17.8 Å². The van der Waals surface area contributed by atoms with Crippen LogP contribution in [0.15, 0.2) is 18.2 Å². The van der Waals surface area contributed by atoms with Gasteiger partial charge < -0.3 is 4.90 Å². The molecular weight excluding hydrogens is 262 g/mol. The van der Waals surface area contributed by atoms with E-state index in [1.807, 2.05) is 0 Å². The van der Waals surface area contributed by atoms with Crippen LogP contribution in [0, 0.1) is 20.2 Å². The molecule has 0 amide bonds. The summed E-state index contributed by atoms with van der Waals surface area (Å²) in [6.45, 7) is 0. The van der Waals surface area contributed by atoms with Crippen LogP contribution >= 0.6 is 0 Å². The second-order valence-corrected chi connectivity index (χ2v) is 5.41. The Morgan fingerprint density at radius 3 is 2.20 bits per heavy atom. The zero-order valence-corrected chi connectivity index (χ0v) is 10.9. The lowest BCUT2D eigenvalue weighted by atomic mass is 10.0. The fourth-order valence-corrected chi connectivity index (χ4v) is 3.50. The minimum Gasteiger partial charge on any atom is -0.360 e. The summed E-state index contributed by atoms with van der Waals surface area (Å²) >= 11 is 0. The highest BCUT2D eigenvalue weighted by molar-refractivity contribution is 5.68. The van der Waals surface area contributed by atoms with Crippen molar-refractivity contribution in [3.8, 4) is 0 Å². The zero-order valence-electron chi connectivity index (χ0n) is 10.9. The summed E-state index contributed by atoms with van der Waals surface area (Å²) in [5.74, 6) is 0. The Morgan fingerprint density at radius 1 is 1.00 bits per heavy atom. The van der Waals surface area contributed by atoms with Gasteiger partial charge in [0.05, 0.1) is 15.9 Å². The molecule has 0 aliphatic carbocycles. The van der Waals surface area contributed by atoms with Crippen LogP contribution in [0.25, 0.3) is 0 Å². The second-order valence-electron chi connectivity index (χ2n) is 5.41. The number of nitrogens with zero attached hydrogens (tertiary/aromatic N) is 3. The second kappa shape index (κ2) is 4.73. The van der Waals surface area contributed by atoms with Gasteiger partial charge in [0.25, 0.3) is 11.4 Å². The van der Waals surface area contributed by atoms with Crippen molar-refractivity contribution in [2.45, 2.75) is 44.2 Å². The first-order valence-electron chi connectivity index (χ1n) is 6.79. The SMILES string of the molecule is O=[N+]([O-])c1ccc(N2C3CCCC2CC3)c([N+](=O)[O-])c1. The number of rotatable bonds is 3. The lowest BCUT2D eigenvalue weighted by molar-refractivity contribution is -0.393. The number of anilines is 1. The van der Waals surface area contributed by atoms with Crippen molar-refractivity contribution >= 4 is 17.1 Å². The standard InChI is InChI=1S/C13H15N3O4/c17-15(18)11-6-7-12(13(8-11)16(19)20)14-9-2-1-3-10(14)5-4-9/h6-10H,1-5H2. The third-order valence-electron chi connectivity index (χ3n) is 4.34. The van der Waals surface area contributed by atoms with E-state index >= 15 is 0 Å². The molecule has 7 nitrogen and oxygen atoms in total. The van der Waals surface area contributed by atoms with Crippen molar-refractivity contribution in [3.63, 3.8) is 0 Å². The molecule has 0 radical (unpaired) electrons. The Balaban J connectivity index is 2.05. The Morgan fingerprint density at radius 2 is 1.65 bits per heavy atom. The number of hydrogen-bond acceptors (Lipinski definition) is 5. The minimum atomic E-state index is -0.596. The van der Waals surface area contributed by atoms with Crippen LogP contribution in [0.1, 0.15) is 32.1 Å². The first kappa shape index (κ1) is 12.8. The first-order valence-corrected chi connectivity index (χ1v) is 6.79. The maximum absolute atomic E-state index is 11.2. The molecule has 2 fully saturated rings. The van der Waals surface area contributed by atoms with Gasteiger partial charge in [0, 0.05) is 18.2 Å². The van der Waals surface area contributed by atoms with Gasteiger partial charge in [0.2, 0.25) is 0 Å². The maximum atomic E-state index is 11.2. The molecule has 2 atom stereocenters. The Labute approximate surface area is 115 Å². The maximum Gasteiger partial charge on any atom is 0.299 e. The molecule has 20 heavy (non-hydrogen) atoms. The molecule has 2 heterocycles. The molecule has 0 N–H and O–H groups in total. The third kappa shape index (κ3) is 1.99. The molecule has 0 saturated carbocycles. The highest BCUT2D eigenvalue weighted by Gasteiger charge is 2.39. The fourth-order valence-electron chi connectivity index (χ4n) is 3.50. The van der Waals surface area contributed by atoms with E-state index in [0.717, 1.165) is 38.2 Å². The smallest absolute Gasteiger partial charge is 0.299 e. The molecule has 3 rings (SSSR count). The summed E-state index contributed by atoms with van der Waals surface area (Å²) < 4.78 is 0. The summed E-state index contributed by atoms with van der Waals surface area (Å²) in [4.78, 5) is 23.0. The van der Waals surface area contributed by atoms with Crippen molar-refractivity contribution in [2.75, 3.05) is 4.90 Å². The fraction of sp³-hybridized carbons (Fsp3) is 0.538. The molecule has 2 saturated heterocycles. The molecule has 106 valence electrons. The van der Waals surface area contributed by atoms with Crippen LogP contribution in [-0.2, 0) is 0 Å². The molecule has 0 aromatic heterocycles. The largest absolute Gasteiger partial charge is 0.360 e. The van der Waals surface area contributed by atoms with Crippen molar-refractivity contribution in [1.82, 2.24) is 0 Å². The summed E-state index contributed by atoms with van der Waals surface area (Å²) in [5.41, 5.74) is 0.149. The molecule has 0 spiro atoms. The molecule has 2 aliphatic heterocycles. The van der Waals surface area contributed by atoms with Crippen LogP contribution in [0.3, 0.4) is 0 Å². The van der Waals surface area contributed by atoms with Gasteiger partial charge in [-0.1, -0.05) is 0 Å². The summed E-state index contributed by atoms with van der Waals surface area (Å²) in [6, 6.07) is 4.65. The van der Waals surface area contributed by atoms with Crippen molar-refractivity contribution < 1.29 is 9.85 Å². The average Bonchev–Trinajstić information content (AvgIpc) is 2.66. The van der Waals surface area contributed by atoms with Gasteiger partial charge in [-0.3, -0.25) is 20.2 Å². The van der Waals surface area contributed by atoms with Gasteiger partial charge in [-0.15, -0.1) is 0 Å². The quantitative estimate of drug-likeness (QED) is 0.625. The van der Waals surface area contributed by atoms with Gasteiger partial charge in [0.15, 0.2) is 0 Å². The average molecular weight is 277 g/mol. The number of nitro groups is 2. The predicted molar refractivity (Wildman–Crippen MR) is 72.9 cm³/mol. The van der Waals surface area contributed by atoms with E-state index < -0.39 is 9.85 Å². The van der Waals surface area contributed by atoms with E-state index in [1.54, 1.807) is 0 Å². The van der Waals surface area contributed by atoms with Gasteiger partial charge >= 0.3 is 0 Å². The van der Waals surface area contributed by atoms with Gasteiger partial charge in [-0.25, -0.2) is 0 Å². The molecule has 2 bridgehead atoms. The van der Waals surface area contributed by atoms with E-state index in [-0.39, 0.29) is 11.4 Å². The highest BCUT2D eigenvalue weighted by Crippen LogP contribution is 2.43. The van der Waals surface area contributed by atoms with Crippen LogP contribution < -0.4 is 4.90 Å². The molecule has 1 aromatic carbocycles. The number of benzene rings is 1. The molecule has 7 heteroatoms. The lowest BCUT2D eigenvalue weighted by Gasteiger charge is -2.36. The number of fused-ring (bicyclic) bond motifs is 2. The van der Waals surface area contributed by atoms with Crippen molar-refractivity contribution in [1.29, 1.82) is 0 Å². The van der Waals surface area contributed by atoms with Crippen molar-refractivity contribution in [3.05, 3.63) is 38.4 Å². The van der Waals surface area contributed by atoms with E-state index in [1.165, 1.54) is 12.1 Å². The molecule has 2 unspecified atom stereocenters. The molecular formula is C13H15N3O4. The number of nitro benzene ring substituents is 2. The van der Waals surface area contributed by atoms with Crippen molar-refractivity contribution in [2.24, 2.45) is 0 Å². The van der Waals surface area contributed by atoms with Crippen LogP contribution in [0.4, 0.5) is 17.1 Å². The van der Waals surface area contributed by atoms with Crippen LogP contribution in [0.2, 0.25) is 0 Å². The number of non-ortho nitro benzene ring substituents is 1. The Kier molecular flexibility index (Phi) is 3.04. The Bertz CT molecular complexity index is 559. The number of piperidine rings is 1. The molecule has 2 aliphatic rings. The van der Waals surface area contributed by atoms with Gasteiger partial charge in [0.1, 0.15) is 5.69 Å². The predicted octanol–water partition coefficient (Wildman–Crippen LogP) is 3.02. The van der Waals surface area contributed by atoms with E-state index in [4.69, 9.17) is 0 Å². The Hall–Kier alpha value is -2.18. The summed E-state index contributed by atoms with van der Waals surface area (Å²) in [5, 5.41) is 22.0. The van der Waals surface area contributed by atoms with Gasteiger partial charge in [-0.2, -0.15) is 0 Å². The minimum absolute atomic E-state index is 0.155. The highest BCUT2D eigenvalue weighted by atomic mass is 16.6. The third-order valence-corrected chi connectivity index (χ3v) is 4.34. The first-order chi connectivity index (χ1) is 9.58. The normalized spacial score (nSPS) is 24.7. The monoisotopic (exact) mass is 277 g/mol. The van der Waals surface area contributed by atoms with Gasteiger partial charge in [-0.05, 0) is 38.2 Å². The van der Waals surface area contributed by atoms with Crippen LogP contribution in [-0.4, -0.2) is 21.9 Å². The topological polar surface area (TPSA) is 89.5 Å². The number of hydrogen-bond donors (Lipinski definition) is 0. The van der Waals surface area contributed by atoms with Crippen LogP contribution in [0.5, 0.6) is 0 Å². The van der Waals surface area contributed by atoms with E-state index in [2.05, 4.69) is 4.90 Å². The van der Waals surface area contributed by atoms with E-state index in [9.17, 15) is 20.2 Å². The zero-order chi connectivity index (χ0) is 14.3. The summed E-state index contributed by atoms with van der Waals surface area (Å²) in [6.07, 6.45) is 5.36.